The number of fused-ring (bicyclic) bond motifs is 1. The minimum absolute atomic E-state index is 0.270. The van der Waals surface area contributed by atoms with Gasteiger partial charge in [0.1, 0.15) is 0 Å². The molecule has 0 spiro atoms. The smallest absolute Gasteiger partial charge is 0.0453 e. The van der Waals surface area contributed by atoms with Crippen LogP contribution >= 0.6 is 22.7 Å². The van der Waals surface area contributed by atoms with E-state index in [2.05, 4.69) is 22.8 Å². The van der Waals surface area contributed by atoms with Gasteiger partial charge in [-0.3, -0.25) is 0 Å². The predicted molar refractivity (Wildman–Crippen MR) is 63.1 cm³/mol. The van der Waals surface area contributed by atoms with Crippen LogP contribution in [0.15, 0.2) is 17.5 Å². The molecule has 0 saturated heterocycles. The van der Waals surface area contributed by atoms with Crippen molar-refractivity contribution in [1.82, 2.24) is 5.32 Å². The molecule has 14 heavy (non-hydrogen) atoms. The molecule has 0 aliphatic heterocycles. The van der Waals surface area contributed by atoms with Gasteiger partial charge in [0.05, 0.1) is 0 Å². The van der Waals surface area contributed by atoms with Gasteiger partial charge in [-0.15, -0.1) is 22.7 Å². The Morgan fingerprint density at radius 2 is 2.29 bits per heavy atom. The first-order valence-corrected chi connectivity index (χ1v) is 6.37. The SMILES string of the molecule is OCCCNCc1cc2sccc2s1. The molecule has 2 nitrogen and oxygen atoms in total. The predicted octanol–water partition coefficient (Wildman–Crippen LogP) is 2.43. The van der Waals surface area contributed by atoms with Crippen LogP contribution in [-0.2, 0) is 6.54 Å². The molecule has 2 aromatic heterocycles. The normalized spacial score (nSPS) is 11.2. The van der Waals surface area contributed by atoms with E-state index in [0.29, 0.717) is 0 Å². The lowest BCUT2D eigenvalue weighted by Crippen LogP contribution is -2.14. The van der Waals surface area contributed by atoms with Crippen LogP contribution in [0.4, 0.5) is 0 Å². The maximum absolute atomic E-state index is 8.61. The third-order valence-corrected chi connectivity index (χ3v) is 4.09. The van der Waals surface area contributed by atoms with Gasteiger partial charge in [0.15, 0.2) is 0 Å². The van der Waals surface area contributed by atoms with Gasteiger partial charge >= 0.3 is 0 Å². The summed E-state index contributed by atoms with van der Waals surface area (Å²) < 4.78 is 2.77. The Bertz CT molecular complexity index is 365. The molecule has 0 fully saturated rings. The number of thiophene rings is 2. The summed E-state index contributed by atoms with van der Waals surface area (Å²) in [7, 11) is 0. The third-order valence-electron chi connectivity index (χ3n) is 2.00. The molecule has 0 aromatic carbocycles. The van der Waals surface area contributed by atoms with Gasteiger partial charge in [0, 0.05) is 27.4 Å². The van der Waals surface area contributed by atoms with Crippen molar-refractivity contribution in [2.75, 3.05) is 13.2 Å². The average Bonchev–Trinajstić information content (AvgIpc) is 2.72. The molecule has 2 aromatic rings. The van der Waals surface area contributed by atoms with E-state index in [1.54, 1.807) is 11.3 Å². The Morgan fingerprint density at radius 1 is 1.36 bits per heavy atom. The Morgan fingerprint density at radius 3 is 3.07 bits per heavy atom. The maximum atomic E-state index is 8.61. The molecule has 76 valence electrons. The lowest BCUT2D eigenvalue weighted by Gasteiger charge is -1.99. The molecule has 0 radical (unpaired) electrons. The molecule has 2 N–H and O–H groups in total. The summed E-state index contributed by atoms with van der Waals surface area (Å²) in [4.78, 5) is 1.38. The fourth-order valence-electron chi connectivity index (χ4n) is 1.32. The van der Waals surface area contributed by atoms with Gasteiger partial charge in [0.25, 0.3) is 0 Å². The third kappa shape index (κ3) is 2.33. The molecule has 0 unspecified atom stereocenters. The first-order valence-electron chi connectivity index (χ1n) is 4.67. The molecule has 0 saturated carbocycles. The van der Waals surface area contributed by atoms with Crippen LogP contribution in [0.3, 0.4) is 0 Å². The first-order chi connectivity index (χ1) is 6.90. The van der Waals surface area contributed by atoms with Crippen molar-refractivity contribution in [2.45, 2.75) is 13.0 Å². The van der Waals surface area contributed by atoms with Crippen LogP contribution < -0.4 is 5.32 Å². The fraction of sp³-hybridized carbons (Fsp3) is 0.400. The second kappa shape index (κ2) is 4.89. The molecular weight excluding hydrogens is 214 g/mol. The minimum Gasteiger partial charge on any atom is -0.396 e. The summed E-state index contributed by atoms with van der Waals surface area (Å²) in [5, 5.41) is 14.0. The van der Waals surface area contributed by atoms with Gasteiger partial charge in [-0.2, -0.15) is 0 Å². The van der Waals surface area contributed by atoms with E-state index in [-0.39, 0.29) is 6.61 Å². The number of aliphatic hydroxyl groups is 1. The molecule has 0 atom stereocenters. The standard InChI is InChI=1S/C10H13NOS2/c12-4-1-3-11-7-8-6-10-9(14-8)2-5-13-10/h2,5-6,11-12H,1,3-4,7H2. The minimum atomic E-state index is 0.270. The first kappa shape index (κ1) is 10.1. The van der Waals surface area contributed by atoms with Gasteiger partial charge in [0.2, 0.25) is 0 Å². The molecule has 0 aliphatic carbocycles. The van der Waals surface area contributed by atoms with E-state index in [1.807, 2.05) is 11.3 Å². The van der Waals surface area contributed by atoms with Crippen molar-refractivity contribution in [3.8, 4) is 0 Å². The Labute approximate surface area is 91.2 Å². The fourth-order valence-corrected chi connectivity index (χ4v) is 3.42. The lowest BCUT2D eigenvalue weighted by atomic mass is 10.4. The summed E-state index contributed by atoms with van der Waals surface area (Å²) in [6, 6.07) is 4.42. The van der Waals surface area contributed by atoms with Crippen molar-refractivity contribution in [3.05, 3.63) is 22.4 Å². The van der Waals surface area contributed by atoms with Crippen LogP contribution in [-0.4, -0.2) is 18.3 Å². The topological polar surface area (TPSA) is 32.3 Å². The van der Waals surface area contributed by atoms with Crippen molar-refractivity contribution < 1.29 is 5.11 Å². The molecule has 0 aliphatic rings. The Hall–Kier alpha value is -0.420. The zero-order valence-corrected chi connectivity index (χ0v) is 9.46. The molecule has 4 heteroatoms. The van der Waals surface area contributed by atoms with E-state index in [9.17, 15) is 0 Å². The van der Waals surface area contributed by atoms with E-state index >= 15 is 0 Å². The van der Waals surface area contributed by atoms with Crippen molar-refractivity contribution >= 4 is 32.1 Å². The molecule has 2 heterocycles. The largest absolute Gasteiger partial charge is 0.396 e. The van der Waals surface area contributed by atoms with E-state index in [4.69, 9.17) is 5.11 Å². The van der Waals surface area contributed by atoms with Gasteiger partial charge in [-0.1, -0.05) is 0 Å². The average molecular weight is 227 g/mol. The van der Waals surface area contributed by atoms with Crippen molar-refractivity contribution in [3.63, 3.8) is 0 Å². The lowest BCUT2D eigenvalue weighted by molar-refractivity contribution is 0.286. The van der Waals surface area contributed by atoms with E-state index in [0.717, 1.165) is 19.5 Å². The van der Waals surface area contributed by atoms with Gasteiger partial charge in [-0.05, 0) is 30.5 Å². The highest BCUT2D eigenvalue weighted by Crippen LogP contribution is 2.29. The monoisotopic (exact) mass is 227 g/mol. The second-order valence-corrected chi connectivity index (χ2v) is 5.23. The maximum Gasteiger partial charge on any atom is 0.0453 e. The molecular formula is C10H13NOS2. The number of rotatable bonds is 5. The number of hydrogen-bond donors (Lipinski definition) is 2. The Balaban J connectivity index is 1.89. The quantitative estimate of drug-likeness (QED) is 0.769. The molecule has 0 amide bonds. The van der Waals surface area contributed by atoms with Crippen LogP contribution in [0.5, 0.6) is 0 Å². The van der Waals surface area contributed by atoms with Gasteiger partial charge < -0.3 is 10.4 Å². The van der Waals surface area contributed by atoms with Gasteiger partial charge in [-0.25, -0.2) is 0 Å². The van der Waals surface area contributed by atoms with Crippen LogP contribution in [0.2, 0.25) is 0 Å². The van der Waals surface area contributed by atoms with Crippen LogP contribution in [0, 0.1) is 0 Å². The van der Waals surface area contributed by atoms with Crippen molar-refractivity contribution in [1.29, 1.82) is 0 Å². The molecule has 0 bridgehead atoms. The number of nitrogens with one attached hydrogen (secondary N) is 1. The summed E-state index contributed by atoms with van der Waals surface area (Å²) in [6.45, 7) is 2.08. The Kier molecular flexibility index (Phi) is 3.53. The highest BCUT2D eigenvalue weighted by atomic mass is 32.1. The van der Waals surface area contributed by atoms with E-state index in [1.165, 1.54) is 14.3 Å². The van der Waals surface area contributed by atoms with Crippen LogP contribution in [0.25, 0.3) is 9.40 Å². The highest BCUT2D eigenvalue weighted by molar-refractivity contribution is 7.26. The van der Waals surface area contributed by atoms with Crippen molar-refractivity contribution in [2.24, 2.45) is 0 Å². The highest BCUT2D eigenvalue weighted by Gasteiger charge is 2.01. The summed E-state index contributed by atoms with van der Waals surface area (Å²) in [5.74, 6) is 0. The zero-order valence-electron chi connectivity index (χ0n) is 7.82. The summed E-state index contributed by atoms with van der Waals surface area (Å²) in [5.41, 5.74) is 0. The van der Waals surface area contributed by atoms with E-state index < -0.39 is 0 Å². The molecule has 2 rings (SSSR count). The number of hydrogen-bond acceptors (Lipinski definition) is 4. The second-order valence-electron chi connectivity index (χ2n) is 3.12. The summed E-state index contributed by atoms with van der Waals surface area (Å²) >= 11 is 3.64. The zero-order chi connectivity index (χ0) is 9.80. The van der Waals surface area contributed by atoms with Crippen LogP contribution in [0.1, 0.15) is 11.3 Å². The summed E-state index contributed by atoms with van der Waals surface area (Å²) in [6.07, 6.45) is 0.833. The number of aliphatic hydroxyl groups excluding tert-OH is 1.